The molecule has 24 heavy (non-hydrogen) atoms. The normalized spacial score (nSPS) is 12.1. The number of hydrogen-bond acceptors (Lipinski definition) is 5. The van der Waals surface area contributed by atoms with Crippen LogP contribution in [0.2, 0.25) is 5.02 Å². The SMILES string of the molecule is CSc1ccccc1NC(=O)C(C)On1nnc2ccc(Cl)cc21. The highest BCUT2D eigenvalue weighted by Crippen LogP contribution is 2.24. The molecule has 2 aromatic carbocycles. The van der Waals surface area contributed by atoms with Crippen molar-refractivity contribution in [2.75, 3.05) is 11.6 Å². The van der Waals surface area contributed by atoms with Gasteiger partial charge in [0.1, 0.15) is 11.0 Å². The van der Waals surface area contributed by atoms with Gasteiger partial charge in [-0.2, -0.15) is 0 Å². The fourth-order valence-electron chi connectivity index (χ4n) is 2.13. The Morgan fingerprint density at radius 1 is 1.33 bits per heavy atom. The average molecular weight is 363 g/mol. The highest BCUT2D eigenvalue weighted by atomic mass is 35.5. The van der Waals surface area contributed by atoms with E-state index in [2.05, 4.69) is 15.6 Å². The van der Waals surface area contributed by atoms with E-state index in [1.807, 2.05) is 30.5 Å². The fourth-order valence-corrected chi connectivity index (χ4v) is 2.85. The van der Waals surface area contributed by atoms with Crippen molar-refractivity contribution >= 4 is 46.0 Å². The molecule has 0 radical (unpaired) electrons. The number of nitrogens with zero attached hydrogens (tertiary/aromatic N) is 3. The van der Waals surface area contributed by atoms with Crippen LogP contribution in [0.25, 0.3) is 11.0 Å². The number of nitrogens with one attached hydrogen (secondary N) is 1. The van der Waals surface area contributed by atoms with Gasteiger partial charge in [0.05, 0.1) is 5.69 Å². The quantitative estimate of drug-likeness (QED) is 0.705. The molecule has 0 aliphatic heterocycles. The van der Waals surface area contributed by atoms with Crippen LogP contribution < -0.4 is 10.2 Å². The van der Waals surface area contributed by atoms with Gasteiger partial charge in [0.2, 0.25) is 6.10 Å². The van der Waals surface area contributed by atoms with Crippen LogP contribution in [0, 0.1) is 0 Å². The standard InChI is InChI=1S/C16H15ClN4O2S/c1-10(16(22)18-13-5-3-4-6-15(13)24-2)23-21-14-9-11(17)7-8-12(14)19-20-21/h3-10H,1-2H3,(H,18,22). The molecule has 1 amide bonds. The Morgan fingerprint density at radius 2 is 2.12 bits per heavy atom. The van der Waals surface area contributed by atoms with Crippen LogP contribution in [-0.4, -0.2) is 33.4 Å². The van der Waals surface area contributed by atoms with E-state index in [4.69, 9.17) is 16.4 Å². The van der Waals surface area contributed by atoms with Crippen molar-refractivity contribution < 1.29 is 9.63 Å². The van der Waals surface area contributed by atoms with E-state index in [-0.39, 0.29) is 5.91 Å². The van der Waals surface area contributed by atoms with Crippen LogP contribution in [-0.2, 0) is 4.79 Å². The molecule has 0 aliphatic rings. The summed E-state index contributed by atoms with van der Waals surface area (Å²) in [4.78, 5) is 20.2. The minimum Gasteiger partial charge on any atom is -0.382 e. The smallest absolute Gasteiger partial charge is 0.268 e. The summed E-state index contributed by atoms with van der Waals surface area (Å²) in [6.07, 6.45) is 1.19. The summed E-state index contributed by atoms with van der Waals surface area (Å²) in [7, 11) is 0. The predicted molar refractivity (Wildman–Crippen MR) is 95.4 cm³/mol. The lowest BCUT2D eigenvalue weighted by Crippen LogP contribution is -2.35. The second kappa shape index (κ2) is 7.11. The molecule has 1 unspecified atom stereocenters. The number of carbonyl (C=O) groups excluding carboxylic acids is 1. The Hall–Kier alpha value is -2.25. The third-order valence-corrected chi connectivity index (χ3v) is 4.40. The molecule has 0 saturated heterocycles. The zero-order valence-electron chi connectivity index (χ0n) is 13.1. The Morgan fingerprint density at radius 3 is 2.92 bits per heavy atom. The van der Waals surface area contributed by atoms with Gasteiger partial charge < -0.3 is 10.2 Å². The average Bonchev–Trinajstić information content (AvgIpc) is 2.97. The number of fused-ring (bicyclic) bond motifs is 1. The third-order valence-electron chi connectivity index (χ3n) is 3.37. The highest BCUT2D eigenvalue weighted by Gasteiger charge is 2.18. The van der Waals surface area contributed by atoms with E-state index in [1.54, 1.807) is 36.9 Å². The van der Waals surface area contributed by atoms with Crippen molar-refractivity contribution in [1.29, 1.82) is 0 Å². The second-order valence-electron chi connectivity index (χ2n) is 5.03. The molecular weight excluding hydrogens is 348 g/mol. The lowest BCUT2D eigenvalue weighted by molar-refractivity contribution is -0.127. The van der Waals surface area contributed by atoms with Crippen molar-refractivity contribution in [3.8, 4) is 0 Å². The first kappa shape index (κ1) is 16.6. The Labute approximate surface area is 148 Å². The topological polar surface area (TPSA) is 69.0 Å². The third kappa shape index (κ3) is 3.47. The molecule has 3 rings (SSSR count). The molecule has 1 N–H and O–H groups in total. The summed E-state index contributed by atoms with van der Waals surface area (Å²) in [6, 6.07) is 12.7. The van der Waals surface area contributed by atoms with E-state index in [9.17, 15) is 4.79 Å². The zero-order valence-corrected chi connectivity index (χ0v) is 14.6. The molecule has 1 atom stereocenters. The van der Waals surface area contributed by atoms with Gasteiger partial charge in [-0.25, -0.2) is 0 Å². The van der Waals surface area contributed by atoms with Gasteiger partial charge in [-0.05, 0) is 48.7 Å². The molecule has 6 nitrogen and oxygen atoms in total. The maximum atomic E-state index is 12.4. The van der Waals surface area contributed by atoms with Crippen molar-refractivity contribution in [1.82, 2.24) is 15.2 Å². The van der Waals surface area contributed by atoms with Crippen molar-refractivity contribution in [3.63, 3.8) is 0 Å². The minimum atomic E-state index is -0.760. The largest absolute Gasteiger partial charge is 0.382 e. The number of halogens is 1. The van der Waals surface area contributed by atoms with E-state index in [1.165, 1.54) is 4.85 Å². The molecule has 8 heteroatoms. The molecule has 3 aromatic rings. The van der Waals surface area contributed by atoms with Crippen LogP contribution in [0.3, 0.4) is 0 Å². The maximum Gasteiger partial charge on any atom is 0.268 e. The number of carbonyl (C=O) groups is 1. The van der Waals surface area contributed by atoms with Gasteiger partial charge in [-0.3, -0.25) is 4.79 Å². The molecule has 0 spiro atoms. The Kier molecular flexibility index (Phi) is 4.92. The Bertz CT molecular complexity index is 883. The molecular formula is C16H15ClN4O2S. The summed E-state index contributed by atoms with van der Waals surface area (Å²) < 4.78 is 0. The van der Waals surface area contributed by atoms with Gasteiger partial charge in [0.25, 0.3) is 5.91 Å². The fraction of sp³-hybridized carbons (Fsp3) is 0.188. The summed E-state index contributed by atoms with van der Waals surface area (Å²) in [5, 5.41) is 11.3. The summed E-state index contributed by atoms with van der Waals surface area (Å²) in [6.45, 7) is 1.65. The van der Waals surface area contributed by atoms with Crippen LogP contribution in [0.15, 0.2) is 47.4 Å². The number of benzene rings is 2. The second-order valence-corrected chi connectivity index (χ2v) is 6.32. The van der Waals surface area contributed by atoms with Gasteiger partial charge in [0, 0.05) is 9.92 Å². The number of rotatable bonds is 5. The molecule has 0 saturated carbocycles. The van der Waals surface area contributed by atoms with Crippen molar-refractivity contribution in [3.05, 3.63) is 47.5 Å². The van der Waals surface area contributed by atoms with Crippen LogP contribution in [0.4, 0.5) is 5.69 Å². The molecule has 124 valence electrons. The number of aromatic nitrogens is 3. The molecule has 0 aliphatic carbocycles. The predicted octanol–water partition coefficient (Wildman–Crippen LogP) is 3.26. The molecule has 0 bridgehead atoms. The summed E-state index contributed by atoms with van der Waals surface area (Å²) in [5.74, 6) is -0.276. The van der Waals surface area contributed by atoms with E-state index >= 15 is 0 Å². The molecule has 1 aromatic heterocycles. The van der Waals surface area contributed by atoms with Crippen LogP contribution in [0.5, 0.6) is 0 Å². The Balaban J connectivity index is 1.75. The maximum absolute atomic E-state index is 12.4. The van der Waals surface area contributed by atoms with E-state index < -0.39 is 6.10 Å². The lowest BCUT2D eigenvalue weighted by Gasteiger charge is -2.15. The minimum absolute atomic E-state index is 0.276. The first-order valence-corrected chi connectivity index (χ1v) is 8.81. The monoisotopic (exact) mass is 362 g/mol. The number of hydrogen-bond donors (Lipinski definition) is 1. The van der Waals surface area contributed by atoms with Gasteiger partial charge in [0.15, 0.2) is 0 Å². The van der Waals surface area contributed by atoms with Crippen molar-refractivity contribution in [2.24, 2.45) is 0 Å². The lowest BCUT2D eigenvalue weighted by atomic mass is 10.3. The summed E-state index contributed by atoms with van der Waals surface area (Å²) in [5.41, 5.74) is 1.99. The van der Waals surface area contributed by atoms with Gasteiger partial charge in [-0.15, -0.1) is 16.9 Å². The molecule has 0 fully saturated rings. The van der Waals surface area contributed by atoms with Gasteiger partial charge >= 0.3 is 0 Å². The zero-order chi connectivity index (χ0) is 17.1. The van der Waals surface area contributed by atoms with Crippen LogP contribution in [0.1, 0.15) is 6.92 Å². The number of para-hydroxylation sites is 1. The van der Waals surface area contributed by atoms with Crippen LogP contribution >= 0.6 is 23.4 Å². The number of thioether (sulfide) groups is 1. The van der Waals surface area contributed by atoms with Gasteiger partial charge in [-0.1, -0.05) is 28.6 Å². The first-order valence-electron chi connectivity index (χ1n) is 7.20. The number of amides is 1. The molecule has 1 heterocycles. The van der Waals surface area contributed by atoms with E-state index in [0.29, 0.717) is 16.1 Å². The number of anilines is 1. The summed E-state index contributed by atoms with van der Waals surface area (Å²) >= 11 is 7.54. The first-order chi connectivity index (χ1) is 11.6. The van der Waals surface area contributed by atoms with E-state index in [0.717, 1.165) is 10.6 Å². The highest BCUT2D eigenvalue weighted by molar-refractivity contribution is 7.98. The van der Waals surface area contributed by atoms with Crippen molar-refractivity contribution in [2.45, 2.75) is 17.9 Å².